The maximum Gasteiger partial charge on any atom is 0.258 e. The number of methoxy groups -OCH3 is 2. The molecule has 2 aromatic carbocycles. The van der Waals surface area contributed by atoms with E-state index in [0.29, 0.717) is 23.5 Å². The van der Waals surface area contributed by atoms with Crippen LogP contribution in [0.25, 0.3) is 5.69 Å². The van der Waals surface area contributed by atoms with Crippen LogP contribution < -0.4 is 25.8 Å². The minimum absolute atomic E-state index is 0.0410. The summed E-state index contributed by atoms with van der Waals surface area (Å²) in [6, 6.07) is 14.9. The van der Waals surface area contributed by atoms with Gasteiger partial charge in [-0.15, -0.1) is 0 Å². The molecule has 4 rings (SSSR count). The minimum Gasteiger partial charge on any atom is -0.497 e. The molecule has 0 spiro atoms. The number of carbonyl (C=O) groups is 1. The molecule has 0 aliphatic carbocycles. The zero-order chi connectivity index (χ0) is 23.4. The number of hydrazine groups is 1. The van der Waals surface area contributed by atoms with Crippen LogP contribution in [0.1, 0.15) is 35.0 Å². The van der Waals surface area contributed by atoms with Crippen molar-refractivity contribution >= 4 is 12.1 Å². The van der Waals surface area contributed by atoms with Crippen molar-refractivity contribution in [1.29, 1.82) is 0 Å². The molecule has 1 aliphatic rings. The second-order valence-electron chi connectivity index (χ2n) is 7.80. The number of amides is 1. The molecule has 2 unspecified atom stereocenters. The summed E-state index contributed by atoms with van der Waals surface area (Å²) in [6.07, 6.45) is 2.11. The van der Waals surface area contributed by atoms with Crippen molar-refractivity contribution < 1.29 is 14.3 Å². The Hall–Kier alpha value is -3.69. The summed E-state index contributed by atoms with van der Waals surface area (Å²) in [5.41, 5.74) is 13.7. The lowest BCUT2D eigenvalue weighted by Gasteiger charge is -2.11. The molecule has 0 saturated carbocycles. The maximum atomic E-state index is 12.7. The third-order valence-corrected chi connectivity index (χ3v) is 5.73. The van der Waals surface area contributed by atoms with Crippen molar-refractivity contribution in [2.24, 2.45) is 5.10 Å². The number of para-hydroxylation sites is 1. The molecule has 33 heavy (non-hydrogen) atoms. The third-order valence-electron chi connectivity index (χ3n) is 5.73. The minimum atomic E-state index is -0.432. The smallest absolute Gasteiger partial charge is 0.258 e. The Kier molecular flexibility index (Phi) is 6.71. The molecular weight excluding hydrogens is 420 g/mol. The fourth-order valence-corrected chi connectivity index (χ4v) is 4.08. The summed E-state index contributed by atoms with van der Waals surface area (Å²) in [7, 11) is 3.17. The highest BCUT2D eigenvalue weighted by atomic mass is 16.5. The molecule has 1 saturated heterocycles. The number of ether oxygens (including phenoxy) is 2. The van der Waals surface area contributed by atoms with Gasteiger partial charge in [0.25, 0.3) is 5.91 Å². The summed E-state index contributed by atoms with van der Waals surface area (Å²) in [5, 5.41) is 8.81. The number of aryl methyl sites for hydroxylation is 1. The molecule has 172 valence electrons. The Bertz CT molecular complexity index is 1160. The lowest BCUT2D eigenvalue weighted by Crippen LogP contribution is -2.41. The zero-order valence-electron chi connectivity index (χ0n) is 19.1. The van der Waals surface area contributed by atoms with Crippen molar-refractivity contribution in [1.82, 2.24) is 26.1 Å². The molecule has 1 aliphatic heterocycles. The Labute approximate surface area is 192 Å². The Morgan fingerprint density at radius 1 is 1.15 bits per heavy atom. The van der Waals surface area contributed by atoms with E-state index >= 15 is 0 Å². The van der Waals surface area contributed by atoms with Gasteiger partial charge in [0.2, 0.25) is 0 Å². The van der Waals surface area contributed by atoms with Crippen LogP contribution in [-0.2, 0) is 4.79 Å². The van der Waals surface area contributed by atoms with Gasteiger partial charge in [0, 0.05) is 16.8 Å². The summed E-state index contributed by atoms with van der Waals surface area (Å²) in [4.78, 5) is 12.7. The fraction of sp³-hybridized carbons (Fsp3) is 0.292. The first kappa shape index (κ1) is 22.5. The van der Waals surface area contributed by atoms with Crippen molar-refractivity contribution in [2.45, 2.75) is 32.4 Å². The second kappa shape index (κ2) is 9.85. The molecule has 1 aromatic heterocycles. The number of nitrogens with one attached hydrogen (secondary N) is 3. The number of carbonyl (C=O) groups excluding carboxylic acids is 1. The van der Waals surface area contributed by atoms with Crippen molar-refractivity contribution in [3.8, 4) is 17.2 Å². The molecule has 2 heterocycles. The number of hydrogen-bond donors (Lipinski definition) is 3. The van der Waals surface area contributed by atoms with Crippen molar-refractivity contribution in [3.05, 3.63) is 71.0 Å². The highest BCUT2D eigenvalue weighted by molar-refractivity contribution is 5.87. The van der Waals surface area contributed by atoms with Gasteiger partial charge in [0.1, 0.15) is 17.5 Å². The van der Waals surface area contributed by atoms with Gasteiger partial charge in [0.05, 0.1) is 37.9 Å². The molecular formula is C24H28N6O3. The SMILES string of the molecule is COc1ccc(OC)c(/C=N\NC(=O)C2CC(c3c(C)nn(-c4ccccc4)c3C)NN2)c1. The molecule has 9 nitrogen and oxygen atoms in total. The first-order valence-electron chi connectivity index (χ1n) is 10.7. The van der Waals surface area contributed by atoms with Crippen LogP contribution >= 0.6 is 0 Å². The molecule has 0 bridgehead atoms. The molecule has 3 aromatic rings. The molecule has 9 heteroatoms. The number of hydrazone groups is 1. The monoisotopic (exact) mass is 448 g/mol. The average Bonchev–Trinajstić information content (AvgIpc) is 3.43. The van der Waals surface area contributed by atoms with Gasteiger partial charge < -0.3 is 9.47 Å². The average molecular weight is 449 g/mol. The predicted octanol–water partition coefficient (Wildman–Crippen LogP) is 2.56. The van der Waals surface area contributed by atoms with E-state index in [1.165, 1.54) is 6.21 Å². The normalized spacial score (nSPS) is 17.9. The first-order valence-corrected chi connectivity index (χ1v) is 10.7. The zero-order valence-corrected chi connectivity index (χ0v) is 19.1. The van der Waals surface area contributed by atoms with Crippen LogP contribution in [0.2, 0.25) is 0 Å². The van der Waals surface area contributed by atoms with E-state index in [0.717, 1.165) is 22.6 Å². The van der Waals surface area contributed by atoms with Crippen molar-refractivity contribution in [3.63, 3.8) is 0 Å². The van der Waals surface area contributed by atoms with Gasteiger partial charge in [0.15, 0.2) is 0 Å². The molecule has 0 radical (unpaired) electrons. The quantitative estimate of drug-likeness (QED) is 0.379. The largest absolute Gasteiger partial charge is 0.497 e. The second-order valence-corrected chi connectivity index (χ2v) is 7.80. The van der Waals surface area contributed by atoms with Crippen LogP contribution in [-0.4, -0.2) is 42.2 Å². The van der Waals surface area contributed by atoms with E-state index in [2.05, 4.69) is 21.4 Å². The molecule has 3 N–H and O–H groups in total. The van der Waals surface area contributed by atoms with E-state index in [4.69, 9.17) is 14.6 Å². The van der Waals surface area contributed by atoms with Gasteiger partial charge in [-0.1, -0.05) is 18.2 Å². The number of aromatic nitrogens is 2. The first-order chi connectivity index (χ1) is 16.0. The Morgan fingerprint density at radius 2 is 1.94 bits per heavy atom. The van der Waals surface area contributed by atoms with E-state index in [-0.39, 0.29) is 11.9 Å². The lowest BCUT2D eigenvalue weighted by atomic mass is 10.00. The van der Waals surface area contributed by atoms with Gasteiger partial charge in [-0.2, -0.15) is 10.2 Å². The van der Waals surface area contributed by atoms with Crippen LogP contribution in [0.4, 0.5) is 0 Å². The van der Waals surface area contributed by atoms with Gasteiger partial charge in [-0.3, -0.25) is 4.79 Å². The van der Waals surface area contributed by atoms with Crippen LogP contribution in [0, 0.1) is 13.8 Å². The Balaban J connectivity index is 1.42. The predicted molar refractivity (Wildman–Crippen MR) is 126 cm³/mol. The fourth-order valence-electron chi connectivity index (χ4n) is 4.08. The molecule has 1 fully saturated rings. The summed E-state index contributed by atoms with van der Waals surface area (Å²) < 4.78 is 12.5. The Morgan fingerprint density at radius 3 is 2.67 bits per heavy atom. The van der Waals surface area contributed by atoms with E-state index < -0.39 is 6.04 Å². The lowest BCUT2D eigenvalue weighted by molar-refractivity contribution is -0.122. The number of nitrogens with zero attached hydrogens (tertiary/aromatic N) is 3. The van der Waals surface area contributed by atoms with Gasteiger partial charge in [-0.25, -0.2) is 21.0 Å². The molecule has 2 atom stereocenters. The molecule has 1 amide bonds. The number of rotatable bonds is 7. The number of hydrogen-bond acceptors (Lipinski definition) is 7. The highest BCUT2D eigenvalue weighted by Gasteiger charge is 2.33. The third kappa shape index (κ3) is 4.74. The van der Waals surface area contributed by atoms with Gasteiger partial charge in [-0.05, 0) is 50.6 Å². The van der Waals surface area contributed by atoms with Crippen LogP contribution in [0.15, 0.2) is 53.6 Å². The topological polar surface area (TPSA) is 102 Å². The number of benzene rings is 2. The summed E-state index contributed by atoms with van der Waals surface area (Å²) in [5.74, 6) is 1.08. The summed E-state index contributed by atoms with van der Waals surface area (Å²) >= 11 is 0. The standard InChI is InChI=1S/C24H28N6O3/c1-15-23(16(2)30(29-15)18-8-6-5-7-9-18)20-13-21(27-26-20)24(31)28-25-14-17-12-19(32-3)10-11-22(17)33-4/h5-12,14,20-21,26-27H,13H2,1-4H3,(H,28,31)/b25-14-. The summed E-state index contributed by atoms with van der Waals surface area (Å²) in [6.45, 7) is 4.03. The van der Waals surface area contributed by atoms with Crippen LogP contribution in [0.5, 0.6) is 11.5 Å². The van der Waals surface area contributed by atoms with Gasteiger partial charge >= 0.3 is 0 Å². The van der Waals surface area contributed by atoms with E-state index in [9.17, 15) is 4.79 Å². The van der Waals surface area contributed by atoms with E-state index in [1.807, 2.05) is 48.9 Å². The van der Waals surface area contributed by atoms with Crippen molar-refractivity contribution in [2.75, 3.05) is 14.2 Å². The van der Waals surface area contributed by atoms with Crippen LogP contribution in [0.3, 0.4) is 0 Å². The van der Waals surface area contributed by atoms with E-state index in [1.54, 1.807) is 32.4 Å². The highest BCUT2D eigenvalue weighted by Crippen LogP contribution is 2.29. The maximum absolute atomic E-state index is 12.7.